The Balaban J connectivity index is 1.45. The van der Waals surface area contributed by atoms with Gasteiger partial charge in [-0.2, -0.15) is 4.98 Å². The smallest absolute Gasteiger partial charge is 0.264 e. The van der Waals surface area contributed by atoms with Crippen LogP contribution in [0, 0.1) is 0 Å². The Morgan fingerprint density at radius 3 is 2.69 bits per heavy atom. The summed E-state index contributed by atoms with van der Waals surface area (Å²) in [5.74, 6) is 2.00. The lowest BCUT2D eigenvalue weighted by Gasteiger charge is -2.34. The lowest BCUT2D eigenvalue weighted by Crippen LogP contribution is -2.42. The lowest BCUT2D eigenvalue weighted by molar-refractivity contribution is 0.0637. The number of rotatable bonds is 7. The van der Waals surface area contributed by atoms with Crippen LogP contribution in [0.4, 0.5) is 0 Å². The monoisotopic (exact) mass is 411 g/mol. The number of thiophene rings is 1. The van der Waals surface area contributed by atoms with Crippen LogP contribution in [0.15, 0.2) is 46.3 Å². The molecule has 0 spiro atoms. The molecule has 0 unspecified atom stereocenters. The molecule has 152 valence electrons. The number of carbonyl (C=O) groups excluding carboxylic acids is 1. The zero-order valence-corrected chi connectivity index (χ0v) is 17.4. The molecule has 0 aliphatic heterocycles. The topological polar surface area (TPSA) is 68.5 Å². The first-order chi connectivity index (χ1) is 14.2. The molecule has 6 nitrogen and oxygen atoms in total. The summed E-state index contributed by atoms with van der Waals surface area (Å²) in [5.41, 5.74) is 0.875. The van der Waals surface area contributed by atoms with Crippen molar-refractivity contribution in [3.05, 3.63) is 52.5 Å². The molecule has 2 heterocycles. The highest BCUT2D eigenvalue weighted by Crippen LogP contribution is 2.26. The second kappa shape index (κ2) is 9.22. The van der Waals surface area contributed by atoms with Crippen LogP contribution in [0.5, 0.6) is 5.75 Å². The Kier molecular flexibility index (Phi) is 6.24. The van der Waals surface area contributed by atoms with E-state index in [4.69, 9.17) is 9.26 Å². The second-order valence-electron chi connectivity index (χ2n) is 7.26. The van der Waals surface area contributed by atoms with Crippen LogP contribution in [0.25, 0.3) is 11.4 Å². The van der Waals surface area contributed by atoms with Crippen LogP contribution in [0.2, 0.25) is 0 Å². The Morgan fingerprint density at radius 2 is 2.00 bits per heavy atom. The molecular formula is C22H25N3O3S. The van der Waals surface area contributed by atoms with Crippen molar-refractivity contribution in [2.45, 2.75) is 44.6 Å². The van der Waals surface area contributed by atoms with E-state index in [0.717, 1.165) is 29.0 Å². The van der Waals surface area contributed by atoms with E-state index in [1.54, 1.807) is 7.11 Å². The van der Waals surface area contributed by atoms with Crippen LogP contribution in [-0.2, 0) is 6.42 Å². The van der Waals surface area contributed by atoms with Gasteiger partial charge in [-0.3, -0.25) is 4.79 Å². The SMILES string of the molecule is COc1ccc(-c2noc(CCN(C(=O)c3cccs3)C3CCCCC3)n2)cc1. The summed E-state index contributed by atoms with van der Waals surface area (Å²) in [5, 5.41) is 6.05. The molecule has 0 N–H and O–H groups in total. The molecule has 1 aliphatic rings. The van der Waals surface area contributed by atoms with E-state index in [-0.39, 0.29) is 5.91 Å². The molecule has 0 radical (unpaired) electrons. The molecule has 0 atom stereocenters. The van der Waals surface area contributed by atoms with Crippen molar-refractivity contribution < 1.29 is 14.1 Å². The summed E-state index contributed by atoms with van der Waals surface area (Å²) in [6.07, 6.45) is 6.31. The van der Waals surface area contributed by atoms with Gasteiger partial charge in [-0.05, 0) is 48.6 Å². The van der Waals surface area contributed by atoms with Gasteiger partial charge in [-0.25, -0.2) is 0 Å². The zero-order valence-electron chi connectivity index (χ0n) is 16.5. The Labute approximate surface area is 174 Å². The second-order valence-corrected chi connectivity index (χ2v) is 8.21. The average Bonchev–Trinajstić information content (AvgIpc) is 3.47. The number of benzene rings is 1. The van der Waals surface area contributed by atoms with Crippen LogP contribution < -0.4 is 4.74 Å². The summed E-state index contributed by atoms with van der Waals surface area (Å²) in [4.78, 5) is 20.4. The predicted molar refractivity (Wildman–Crippen MR) is 112 cm³/mol. The molecular weight excluding hydrogens is 386 g/mol. The minimum Gasteiger partial charge on any atom is -0.497 e. The third-order valence-electron chi connectivity index (χ3n) is 5.39. The maximum atomic E-state index is 13.1. The molecule has 1 fully saturated rings. The van der Waals surface area contributed by atoms with Crippen molar-refractivity contribution in [1.82, 2.24) is 15.0 Å². The van der Waals surface area contributed by atoms with Crippen molar-refractivity contribution in [1.29, 1.82) is 0 Å². The van der Waals surface area contributed by atoms with E-state index in [1.165, 1.54) is 30.6 Å². The molecule has 1 saturated carbocycles. The number of ether oxygens (including phenoxy) is 1. The van der Waals surface area contributed by atoms with Crippen molar-refractivity contribution >= 4 is 17.2 Å². The van der Waals surface area contributed by atoms with Gasteiger partial charge < -0.3 is 14.2 Å². The highest BCUT2D eigenvalue weighted by Gasteiger charge is 2.27. The fourth-order valence-electron chi connectivity index (χ4n) is 3.81. The fraction of sp³-hybridized carbons (Fsp3) is 0.409. The van der Waals surface area contributed by atoms with Crippen LogP contribution in [0.1, 0.15) is 47.7 Å². The van der Waals surface area contributed by atoms with Crippen molar-refractivity contribution in [3.8, 4) is 17.1 Å². The first-order valence-electron chi connectivity index (χ1n) is 10.1. The number of amides is 1. The summed E-state index contributed by atoms with van der Waals surface area (Å²) in [6.45, 7) is 0.589. The van der Waals surface area contributed by atoms with E-state index in [9.17, 15) is 4.79 Å². The van der Waals surface area contributed by atoms with Gasteiger partial charge in [-0.1, -0.05) is 30.5 Å². The van der Waals surface area contributed by atoms with E-state index in [0.29, 0.717) is 30.7 Å². The molecule has 3 aromatic rings. The quantitative estimate of drug-likeness (QED) is 0.557. The maximum Gasteiger partial charge on any atom is 0.264 e. The molecule has 1 aromatic carbocycles. The number of methoxy groups -OCH3 is 1. The van der Waals surface area contributed by atoms with Gasteiger partial charge in [0.25, 0.3) is 5.91 Å². The fourth-order valence-corrected chi connectivity index (χ4v) is 4.49. The number of aromatic nitrogens is 2. The summed E-state index contributed by atoms with van der Waals surface area (Å²) < 4.78 is 10.6. The number of hydrogen-bond acceptors (Lipinski definition) is 6. The minimum absolute atomic E-state index is 0.113. The summed E-state index contributed by atoms with van der Waals surface area (Å²) in [7, 11) is 1.64. The third-order valence-corrected chi connectivity index (χ3v) is 6.25. The largest absolute Gasteiger partial charge is 0.497 e. The van der Waals surface area contributed by atoms with Crippen LogP contribution in [-0.4, -0.2) is 40.6 Å². The molecule has 29 heavy (non-hydrogen) atoms. The van der Waals surface area contributed by atoms with Crippen LogP contribution >= 0.6 is 11.3 Å². The van der Waals surface area contributed by atoms with E-state index in [2.05, 4.69) is 10.1 Å². The summed E-state index contributed by atoms with van der Waals surface area (Å²) >= 11 is 1.50. The van der Waals surface area contributed by atoms with Gasteiger partial charge in [0.15, 0.2) is 0 Å². The van der Waals surface area contributed by atoms with Crippen molar-refractivity contribution in [3.63, 3.8) is 0 Å². The molecule has 4 rings (SSSR count). The van der Waals surface area contributed by atoms with Crippen molar-refractivity contribution in [2.24, 2.45) is 0 Å². The first-order valence-corrected chi connectivity index (χ1v) is 10.9. The zero-order chi connectivity index (χ0) is 20.1. The molecule has 2 aromatic heterocycles. The van der Waals surface area contributed by atoms with E-state index >= 15 is 0 Å². The van der Waals surface area contributed by atoms with Gasteiger partial charge in [0.1, 0.15) is 5.75 Å². The minimum atomic E-state index is 0.113. The number of carbonyl (C=O) groups is 1. The van der Waals surface area contributed by atoms with Gasteiger partial charge in [0, 0.05) is 24.6 Å². The van der Waals surface area contributed by atoms with Gasteiger partial charge in [0.05, 0.1) is 12.0 Å². The molecule has 1 aliphatic carbocycles. The van der Waals surface area contributed by atoms with Gasteiger partial charge in [-0.15, -0.1) is 11.3 Å². The molecule has 1 amide bonds. The molecule has 0 saturated heterocycles. The predicted octanol–water partition coefficient (Wildman–Crippen LogP) is 4.82. The van der Waals surface area contributed by atoms with E-state index < -0.39 is 0 Å². The highest BCUT2D eigenvalue weighted by atomic mass is 32.1. The van der Waals surface area contributed by atoms with E-state index in [1.807, 2.05) is 46.7 Å². The Bertz CT molecular complexity index is 915. The lowest BCUT2D eigenvalue weighted by atomic mass is 9.94. The van der Waals surface area contributed by atoms with Crippen molar-refractivity contribution in [2.75, 3.05) is 13.7 Å². The average molecular weight is 412 g/mol. The maximum absolute atomic E-state index is 13.1. The third kappa shape index (κ3) is 4.67. The Morgan fingerprint density at radius 1 is 1.21 bits per heavy atom. The highest BCUT2D eigenvalue weighted by molar-refractivity contribution is 7.12. The number of nitrogens with zero attached hydrogens (tertiary/aromatic N) is 3. The van der Waals surface area contributed by atoms with Gasteiger partial charge >= 0.3 is 0 Å². The molecule has 0 bridgehead atoms. The normalized spacial score (nSPS) is 14.7. The standard InChI is InChI=1S/C22H25N3O3S/c1-27-18-11-9-16(10-12-18)21-23-20(28-24-21)13-14-25(17-6-3-2-4-7-17)22(26)19-8-5-15-29-19/h5,8-12,15,17H,2-4,6-7,13-14H2,1H3. The van der Waals surface area contributed by atoms with Gasteiger partial charge in [0.2, 0.25) is 11.7 Å². The first kappa shape index (κ1) is 19.6. The number of hydrogen-bond donors (Lipinski definition) is 0. The Hall–Kier alpha value is -2.67. The van der Waals surface area contributed by atoms with Crippen LogP contribution in [0.3, 0.4) is 0 Å². The molecule has 7 heteroatoms. The summed E-state index contributed by atoms with van der Waals surface area (Å²) in [6, 6.07) is 11.7.